The molecule has 1 atom stereocenters. The second-order valence-electron chi connectivity index (χ2n) is 6.76. The summed E-state index contributed by atoms with van der Waals surface area (Å²) in [6.45, 7) is 7.18. The van der Waals surface area contributed by atoms with Gasteiger partial charge < -0.3 is 15.8 Å². The summed E-state index contributed by atoms with van der Waals surface area (Å²) in [5.41, 5.74) is 8.44. The summed E-state index contributed by atoms with van der Waals surface area (Å²) in [7, 11) is 0. The van der Waals surface area contributed by atoms with Gasteiger partial charge in [0.15, 0.2) is 0 Å². The maximum atomic E-state index is 12.3. The van der Waals surface area contributed by atoms with Crippen molar-refractivity contribution in [2.75, 3.05) is 6.61 Å². The molecule has 0 spiro atoms. The van der Waals surface area contributed by atoms with Gasteiger partial charge in [-0.25, -0.2) is 9.67 Å². The number of nitrogens with two attached hydrogens (primary N) is 1. The molecule has 1 aromatic heterocycles. The molecule has 1 amide bonds. The highest BCUT2D eigenvalue weighted by Gasteiger charge is 2.20. The molecule has 0 saturated heterocycles. The van der Waals surface area contributed by atoms with Crippen LogP contribution in [0.15, 0.2) is 18.2 Å². The van der Waals surface area contributed by atoms with Crippen molar-refractivity contribution < 1.29 is 9.53 Å². The van der Waals surface area contributed by atoms with E-state index in [0.717, 1.165) is 24.3 Å². The number of rotatable bonds is 6. The van der Waals surface area contributed by atoms with Crippen molar-refractivity contribution in [2.45, 2.75) is 46.3 Å². The number of nitrogens with one attached hydrogen (secondary N) is 1. The van der Waals surface area contributed by atoms with Gasteiger partial charge in [0.25, 0.3) is 0 Å². The van der Waals surface area contributed by atoms with Crippen LogP contribution in [0.25, 0.3) is 0 Å². The fraction of sp³-hybridized carbons (Fsp3) is 0.500. The molecule has 8 heteroatoms. The molecule has 1 aromatic carbocycles. The van der Waals surface area contributed by atoms with E-state index in [4.69, 9.17) is 10.5 Å². The number of aryl methyl sites for hydroxylation is 1. The quantitative estimate of drug-likeness (QED) is 0.799. The highest BCUT2D eigenvalue weighted by Crippen LogP contribution is 2.25. The molecule has 0 radical (unpaired) electrons. The van der Waals surface area contributed by atoms with Crippen LogP contribution in [-0.4, -0.2) is 27.3 Å². The van der Waals surface area contributed by atoms with E-state index in [1.165, 1.54) is 5.56 Å². The summed E-state index contributed by atoms with van der Waals surface area (Å²) in [4.78, 5) is 16.7. The Bertz CT molecular complexity index is 775. The molecule has 3 rings (SSSR count). The van der Waals surface area contributed by atoms with Gasteiger partial charge in [0.1, 0.15) is 23.9 Å². The first-order valence-corrected chi connectivity index (χ1v) is 8.62. The fourth-order valence-corrected chi connectivity index (χ4v) is 2.88. The van der Waals surface area contributed by atoms with Crippen molar-refractivity contribution in [1.29, 1.82) is 0 Å². The summed E-state index contributed by atoms with van der Waals surface area (Å²) in [5.74, 6) is 2.33. The van der Waals surface area contributed by atoms with Crippen LogP contribution in [0.1, 0.15) is 42.7 Å². The number of hydrogen-bond donors (Lipinski definition) is 2. The average molecular weight is 380 g/mol. The predicted molar refractivity (Wildman–Crippen MR) is 101 cm³/mol. The van der Waals surface area contributed by atoms with E-state index in [2.05, 4.69) is 21.5 Å². The zero-order valence-corrected chi connectivity index (χ0v) is 16.2. The summed E-state index contributed by atoms with van der Waals surface area (Å²) < 4.78 is 7.10. The molecule has 1 aliphatic rings. The Labute approximate surface area is 159 Å². The molecular formula is C18H26ClN5O2. The molecule has 2 aromatic rings. The van der Waals surface area contributed by atoms with Gasteiger partial charge in [0, 0.05) is 13.0 Å². The molecule has 2 heterocycles. The molecule has 0 aliphatic carbocycles. The maximum Gasteiger partial charge on any atom is 0.242 e. The Morgan fingerprint density at radius 3 is 2.92 bits per heavy atom. The third kappa shape index (κ3) is 4.53. The van der Waals surface area contributed by atoms with E-state index < -0.39 is 0 Å². The molecule has 7 nitrogen and oxygen atoms in total. The number of amides is 1. The largest absolute Gasteiger partial charge is 0.493 e. The molecule has 0 saturated carbocycles. The van der Waals surface area contributed by atoms with Crippen LogP contribution < -0.4 is 15.8 Å². The summed E-state index contributed by atoms with van der Waals surface area (Å²) in [6, 6.07) is 5.78. The Morgan fingerprint density at radius 2 is 2.19 bits per heavy atom. The Morgan fingerprint density at radius 1 is 1.42 bits per heavy atom. The van der Waals surface area contributed by atoms with Gasteiger partial charge in [-0.05, 0) is 30.0 Å². The third-order valence-electron chi connectivity index (χ3n) is 4.36. The number of carbonyl (C=O) groups is 1. The Kier molecular flexibility index (Phi) is 6.61. The predicted octanol–water partition coefficient (Wildman–Crippen LogP) is 1.92. The Hall–Kier alpha value is -2.12. The van der Waals surface area contributed by atoms with Crippen LogP contribution in [-0.2, 0) is 24.3 Å². The smallest absolute Gasteiger partial charge is 0.242 e. The summed E-state index contributed by atoms with van der Waals surface area (Å²) in [6.07, 6.45) is 0.922. The lowest BCUT2D eigenvalue weighted by Gasteiger charge is -2.15. The number of aromatic nitrogens is 3. The number of nitrogens with zero attached hydrogens (tertiary/aromatic N) is 3. The molecule has 26 heavy (non-hydrogen) atoms. The highest BCUT2D eigenvalue weighted by atomic mass is 35.5. The minimum atomic E-state index is -0.245. The van der Waals surface area contributed by atoms with E-state index in [0.29, 0.717) is 18.2 Å². The van der Waals surface area contributed by atoms with Crippen LogP contribution >= 0.6 is 12.4 Å². The van der Waals surface area contributed by atoms with Crippen molar-refractivity contribution in [3.63, 3.8) is 0 Å². The lowest BCUT2D eigenvalue weighted by molar-refractivity contribution is -0.122. The first kappa shape index (κ1) is 20.2. The standard InChI is InChI=1S/C18H25N5O2.ClH/c1-11(2)17(19)18-21-12(3)22-23(18)10-16(24)20-9-13-4-5-15-14(8-13)6-7-25-15;/h4-5,8,11,17H,6-7,9-10,19H2,1-3H3,(H,20,24);1H/t17-;/m0./s1. The van der Waals surface area contributed by atoms with E-state index in [1.807, 2.05) is 26.0 Å². The van der Waals surface area contributed by atoms with Crippen LogP contribution in [0.2, 0.25) is 0 Å². The first-order chi connectivity index (χ1) is 11.9. The molecule has 0 fully saturated rings. The van der Waals surface area contributed by atoms with Crippen LogP contribution in [0.5, 0.6) is 5.75 Å². The van der Waals surface area contributed by atoms with Gasteiger partial charge in [0.2, 0.25) is 5.91 Å². The number of ether oxygens (including phenoxy) is 1. The van der Waals surface area contributed by atoms with Crippen molar-refractivity contribution in [2.24, 2.45) is 11.7 Å². The third-order valence-corrected chi connectivity index (χ3v) is 4.36. The van der Waals surface area contributed by atoms with Crippen LogP contribution in [0.3, 0.4) is 0 Å². The van der Waals surface area contributed by atoms with Gasteiger partial charge in [-0.1, -0.05) is 26.0 Å². The van der Waals surface area contributed by atoms with E-state index in [1.54, 1.807) is 11.6 Å². The van der Waals surface area contributed by atoms with E-state index >= 15 is 0 Å². The number of hydrogen-bond acceptors (Lipinski definition) is 5. The zero-order valence-electron chi connectivity index (χ0n) is 15.4. The topological polar surface area (TPSA) is 95.1 Å². The SMILES string of the molecule is Cc1nc([C@@H](N)C(C)C)n(CC(=O)NCc2ccc3c(c2)CCO3)n1.Cl. The van der Waals surface area contributed by atoms with Gasteiger partial charge >= 0.3 is 0 Å². The van der Waals surface area contributed by atoms with E-state index in [-0.39, 0.29) is 36.8 Å². The monoisotopic (exact) mass is 379 g/mol. The van der Waals surface area contributed by atoms with Gasteiger partial charge in [0.05, 0.1) is 12.6 Å². The molecular weight excluding hydrogens is 354 g/mol. The molecule has 3 N–H and O–H groups in total. The van der Waals surface area contributed by atoms with Crippen molar-refractivity contribution in [3.8, 4) is 5.75 Å². The number of fused-ring (bicyclic) bond motifs is 1. The number of carbonyl (C=O) groups excluding carboxylic acids is 1. The average Bonchev–Trinajstić information content (AvgIpc) is 3.17. The molecule has 0 unspecified atom stereocenters. The minimum Gasteiger partial charge on any atom is -0.493 e. The summed E-state index contributed by atoms with van der Waals surface area (Å²) >= 11 is 0. The molecule has 0 bridgehead atoms. The van der Waals surface area contributed by atoms with Crippen LogP contribution in [0.4, 0.5) is 0 Å². The van der Waals surface area contributed by atoms with Crippen molar-refractivity contribution in [1.82, 2.24) is 20.1 Å². The molecule has 1 aliphatic heterocycles. The molecule has 142 valence electrons. The normalized spacial score (nSPS) is 13.7. The lowest BCUT2D eigenvalue weighted by Crippen LogP contribution is -2.30. The second-order valence-corrected chi connectivity index (χ2v) is 6.76. The van der Waals surface area contributed by atoms with Crippen molar-refractivity contribution >= 4 is 18.3 Å². The Balaban J connectivity index is 0.00000243. The number of halogens is 1. The minimum absolute atomic E-state index is 0. The van der Waals surface area contributed by atoms with Gasteiger partial charge in [-0.3, -0.25) is 4.79 Å². The van der Waals surface area contributed by atoms with Gasteiger partial charge in [-0.15, -0.1) is 12.4 Å². The fourth-order valence-electron chi connectivity index (χ4n) is 2.88. The highest BCUT2D eigenvalue weighted by molar-refractivity contribution is 5.85. The van der Waals surface area contributed by atoms with E-state index in [9.17, 15) is 4.79 Å². The number of benzene rings is 1. The first-order valence-electron chi connectivity index (χ1n) is 8.62. The summed E-state index contributed by atoms with van der Waals surface area (Å²) in [5, 5.41) is 7.24. The zero-order chi connectivity index (χ0) is 18.0. The van der Waals surface area contributed by atoms with Crippen molar-refractivity contribution in [3.05, 3.63) is 41.0 Å². The maximum absolute atomic E-state index is 12.3. The second kappa shape index (κ2) is 8.51. The van der Waals surface area contributed by atoms with Crippen LogP contribution in [0, 0.1) is 12.8 Å². The lowest BCUT2D eigenvalue weighted by atomic mass is 10.1. The van der Waals surface area contributed by atoms with Gasteiger partial charge in [-0.2, -0.15) is 5.10 Å².